The highest BCUT2D eigenvalue weighted by Gasteiger charge is 2.22. The normalized spacial score (nSPS) is 32.1. The van der Waals surface area contributed by atoms with Crippen molar-refractivity contribution in [3.8, 4) is 0 Å². The van der Waals surface area contributed by atoms with E-state index in [0.717, 1.165) is 6.42 Å². The molecule has 1 rings (SSSR count). The zero-order chi connectivity index (χ0) is 7.56. The molecule has 1 aliphatic rings. The lowest BCUT2D eigenvalue weighted by Crippen LogP contribution is -2.18. The molecule has 2 unspecified atom stereocenters. The standard InChI is InChI=1S/C7H9BrFN/c1-2-5-6(8)3-10-4-7(5)9/h3-6H,2H2,1H3. The first-order chi connectivity index (χ1) is 4.75. The number of rotatable bonds is 1. The Bertz CT molecular complexity index is 176. The highest BCUT2D eigenvalue weighted by atomic mass is 79.9. The van der Waals surface area contributed by atoms with Gasteiger partial charge in [0.2, 0.25) is 0 Å². The molecule has 0 spiro atoms. The molecule has 0 aromatic rings. The Hall–Kier alpha value is -0.180. The van der Waals surface area contributed by atoms with Crippen molar-refractivity contribution < 1.29 is 4.39 Å². The Labute approximate surface area is 68.2 Å². The quantitative estimate of drug-likeness (QED) is 0.585. The summed E-state index contributed by atoms with van der Waals surface area (Å²) in [6.07, 6.45) is 3.81. The van der Waals surface area contributed by atoms with Crippen LogP contribution in [-0.2, 0) is 0 Å². The van der Waals surface area contributed by atoms with Crippen LogP contribution in [0.4, 0.5) is 4.39 Å². The molecule has 0 N–H and O–H groups in total. The second-order valence-electron chi connectivity index (χ2n) is 2.27. The van der Waals surface area contributed by atoms with Crippen molar-refractivity contribution in [1.29, 1.82) is 0 Å². The summed E-state index contributed by atoms with van der Waals surface area (Å²) in [6, 6.07) is 0. The molecule has 1 nitrogen and oxygen atoms in total. The van der Waals surface area contributed by atoms with Gasteiger partial charge in [-0.15, -0.1) is 0 Å². The first-order valence-electron chi connectivity index (χ1n) is 3.28. The maximum absolute atomic E-state index is 12.8. The molecule has 0 aromatic heterocycles. The van der Waals surface area contributed by atoms with Gasteiger partial charge in [-0.1, -0.05) is 22.9 Å². The van der Waals surface area contributed by atoms with Crippen LogP contribution in [-0.4, -0.2) is 11.0 Å². The van der Waals surface area contributed by atoms with Crippen molar-refractivity contribution in [2.75, 3.05) is 0 Å². The molecule has 3 heteroatoms. The first-order valence-corrected chi connectivity index (χ1v) is 4.20. The van der Waals surface area contributed by atoms with Crippen molar-refractivity contribution in [3.05, 3.63) is 12.0 Å². The van der Waals surface area contributed by atoms with E-state index in [1.807, 2.05) is 6.92 Å². The summed E-state index contributed by atoms with van der Waals surface area (Å²) in [5.74, 6) is -0.135. The second-order valence-corrected chi connectivity index (χ2v) is 3.33. The minimum absolute atomic E-state index is 0.0162. The molecule has 0 radical (unpaired) electrons. The number of allylic oxidation sites excluding steroid dienone is 1. The van der Waals surface area contributed by atoms with Crippen LogP contribution in [0.2, 0.25) is 0 Å². The highest BCUT2D eigenvalue weighted by Crippen LogP contribution is 2.27. The fraction of sp³-hybridized carbons (Fsp3) is 0.571. The maximum Gasteiger partial charge on any atom is 0.123 e. The summed E-state index contributed by atoms with van der Waals surface area (Å²) < 4.78 is 12.8. The van der Waals surface area contributed by atoms with Gasteiger partial charge in [0, 0.05) is 12.1 Å². The molecule has 0 aromatic carbocycles. The summed E-state index contributed by atoms with van der Waals surface area (Å²) in [4.78, 5) is 3.80. The van der Waals surface area contributed by atoms with Crippen molar-refractivity contribution in [1.82, 2.24) is 0 Å². The van der Waals surface area contributed by atoms with Crippen LogP contribution in [0.15, 0.2) is 17.0 Å². The molecule has 0 amide bonds. The number of hydrogen-bond acceptors (Lipinski definition) is 1. The molecule has 0 saturated heterocycles. The zero-order valence-electron chi connectivity index (χ0n) is 5.72. The monoisotopic (exact) mass is 205 g/mol. The van der Waals surface area contributed by atoms with E-state index in [1.54, 1.807) is 6.21 Å². The fourth-order valence-electron chi connectivity index (χ4n) is 0.968. The van der Waals surface area contributed by atoms with Gasteiger partial charge in [0.15, 0.2) is 0 Å². The molecule has 56 valence electrons. The molecule has 1 aliphatic heterocycles. The van der Waals surface area contributed by atoms with Crippen molar-refractivity contribution in [3.63, 3.8) is 0 Å². The predicted molar refractivity (Wildman–Crippen MR) is 44.2 cm³/mol. The van der Waals surface area contributed by atoms with Gasteiger partial charge in [0.1, 0.15) is 5.83 Å². The number of nitrogens with zero attached hydrogens (tertiary/aromatic N) is 1. The number of halogens is 2. The van der Waals surface area contributed by atoms with Crippen LogP contribution in [0.3, 0.4) is 0 Å². The summed E-state index contributed by atoms with van der Waals surface area (Å²) in [5.41, 5.74) is 0. The molecular formula is C7H9BrFN. The number of alkyl halides is 1. The second kappa shape index (κ2) is 3.28. The highest BCUT2D eigenvalue weighted by molar-refractivity contribution is 9.10. The van der Waals surface area contributed by atoms with Crippen LogP contribution in [0.5, 0.6) is 0 Å². The van der Waals surface area contributed by atoms with Crippen LogP contribution < -0.4 is 0 Å². The summed E-state index contributed by atoms with van der Waals surface area (Å²) >= 11 is 3.33. The third kappa shape index (κ3) is 1.45. The topological polar surface area (TPSA) is 12.4 Å². The minimum Gasteiger partial charge on any atom is -0.265 e. The molecule has 0 fully saturated rings. The Kier molecular flexibility index (Phi) is 2.60. The average Bonchev–Trinajstić information content (AvgIpc) is 1.88. The Morgan fingerprint density at radius 1 is 1.80 bits per heavy atom. The lowest BCUT2D eigenvalue weighted by Gasteiger charge is -2.17. The lowest BCUT2D eigenvalue weighted by atomic mass is 10.0. The van der Waals surface area contributed by atoms with E-state index in [-0.39, 0.29) is 16.6 Å². The number of hydrogen-bond donors (Lipinski definition) is 0. The third-order valence-electron chi connectivity index (χ3n) is 1.60. The smallest absolute Gasteiger partial charge is 0.123 e. The number of aliphatic imine (C=N–C) groups is 1. The molecule has 0 aliphatic carbocycles. The summed E-state index contributed by atoms with van der Waals surface area (Å²) in [6.45, 7) is 1.96. The third-order valence-corrected chi connectivity index (χ3v) is 2.48. The van der Waals surface area contributed by atoms with Gasteiger partial charge in [-0.05, 0) is 6.42 Å². The molecule has 1 heterocycles. The predicted octanol–water partition coefficient (Wildman–Crippen LogP) is 2.67. The maximum atomic E-state index is 12.8. The largest absolute Gasteiger partial charge is 0.265 e. The van der Waals surface area contributed by atoms with Crippen molar-refractivity contribution in [2.24, 2.45) is 10.9 Å². The zero-order valence-corrected chi connectivity index (χ0v) is 7.31. The Morgan fingerprint density at radius 2 is 2.50 bits per heavy atom. The lowest BCUT2D eigenvalue weighted by molar-refractivity contribution is 0.467. The van der Waals surface area contributed by atoms with Gasteiger partial charge in [-0.3, -0.25) is 4.99 Å². The average molecular weight is 206 g/mol. The van der Waals surface area contributed by atoms with E-state index >= 15 is 0 Å². The van der Waals surface area contributed by atoms with Crippen LogP contribution in [0.25, 0.3) is 0 Å². The SMILES string of the molecule is CCC1C(F)=CN=CC1Br. The minimum atomic E-state index is -0.119. The first kappa shape index (κ1) is 7.92. The summed E-state index contributed by atoms with van der Waals surface area (Å²) in [5, 5.41) is 0. The van der Waals surface area contributed by atoms with Crippen LogP contribution in [0.1, 0.15) is 13.3 Å². The molecular weight excluding hydrogens is 197 g/mol. The van der Waals surface area contributed by atoms with Gasteiger partial charge >= 0.3 is 0 Å². The van der Waals surface area contributed by atoms with E-state index in [1.165, 1.54) is 6.20 Å². The molecule has 0 bridgehead atoms. The van der Waals surface area contributed by atoms with Gasteiger partial charge in [0.05, 0.1) is 11.0 Å². The van der Waals surface area contributed by atoms with Gasteiger partial charge in [0.25, 0.3) is 0 Å². The Balaban J connectivity index is 2.71. The van der Waals surface area contributed by atoms with Gasteiger partial charge in [-0.2, -0.15) is 0 Å². The summed E-state index contributed by atoms with van der Waals surface area (Å²) in [7, 11) is 0. The fourth-order valence-corrected chi connectivity index (χ4v) is 1.73. The van der Waals surface area contributed by atoms with E-state index in [2.05, 4.69) is 20.9 Å². The molecule has 0 saturated carbocycles. The van der Waals surface area contributed by atoms with Gasteiger partial charge < -0.3 is 0 Å². The van der Waals surface area contributed by atoms with Crippen molar-refractivity contribution >= 4 is 22.1 Å². The van der Waals surface area contributed by atoms with E-state index < -0.39 is 0 Å². The molecule has 2 atom stereocenters. The van der Waals surface area contributed by atoms with Crippen molar-refractivity contribution in [2.45, 2.75) is 18.2 Å². The van der Waals surface area contributed by atoms with Crippen LogP contribution >= 0.6 is 15.9 Å². The van der Waals surface area contributed by atoms with E-state index in [0.29, 0.717) is 0 Å². The molecule has 10 heavy (non-hydrogen) atoms. The van der Waals surface area contributed by atoms with Gasteiger partial charge in [-0.25, -0.2) is 4.39 Å². The van der Waals surface area contributed by atoms with E-state index in [9.17, 15) is 4.39 Å². The van der Waals surface area contributed by atoms with E-state index in [4.69, 9.17) is 0 Å². The van der Waals surface area contributed by atoms with Crippen LogP contribution in [0, 0.1) is 5.92 Å². The Morgan fingerprint density at radius 3 is 2.90 bits per heavy atom.